The van der Waals surface area contributed by atoms with Gasteiger partial charge in [0, 0.05) is 12.1 Å². The van der Waals surface area contributed by atoms with E-state index in [1.54, 1.807) is 12.1 Å². The normalized spacial score (nSPS) is 27.9. The van der Waals surface area contributed by atoms with Crippen LogP contribution in [-0.4, -0.2) is 33.9 Å². The quantitative estimate of drug-likeness (QED) is 0.611. The number of hydrogen-bond acceptors (Lipinski definition) is 3. The van der Waals surface area contributed by atoms with Crippen molar-refractivity contribution in [2.24, 2.45) is 0 Å². The molecule has 2 amide bonds. The van der Waals surface area contributed by atoms with Gasteiger partial charge in [0.1, 0.15) is 0 Å². The van der Waals surface area contributed by atoms with Gasteiger partial charge >= 0.3 is 0 Å². The molecule has 20 heavy (non-hydrogen) atoms. The lowest BCUT2D eigenvalue weighted by molar-refractivity contribution is 0.0336. The second-order valence-corrected chi connectivity index (χ2v) is 5.56. The standard InChI is InChI=1S/C16H20N2O2/c1-3-7-13-14(8-4-2)17(13)18-15(19)11-9-5-6-10-12(11)16(18)20/h5-6,9-10,13-14H,3-4,7-8H2,1-2H3/t13-,14-/m0/s1. The van der Waals surface area contributed by atoms with Crippen LogP contribution in [0.4, 0.5) is 0 Å². The largest absolute Gasteiger partial charge is 0.276 e. The van der Waals surface area contributed by atoms with Gasteiger partial charge < -0.3 is 0 Å². The van der Waals surface area contributed by atoms with Gasteiger partial charge in [-0.15, -0.1) is 0 Å². The first-order chi connectivity index (χ1) is 9.70. The summed E-state index contributed by atoms with van der Waals surface area (Å²) in [5.74, 6) is -0.324. The van der Waals surface area contributed by atoms with Crippen LogP contribution in [0.25, 0.3) is 0 Å². The third-order valence-electron chi connectivity index (χ3n) is 4.21. The SMILES string of the molecule is CCC[C@H]1[C@H](CCC)N1N1C(=O)c2ccccc2C1=O. The van der Waals surface area contributed by atoms with Crippen LogP contribution in [-0.2, 0) is 0 Å². The molecule has 0 bridgehead atoms. The minimum absolute atomic E-state index is 0.162. The molecule has 1 fully saturated rings. The van der Waals surface area contributed by atoms with Crippen molar-refractivity contribution in [2.45, 2.75) is 51.6 Å². The molecule has 0 spiro atoms. The molecule has 4 heteroatoms. The average molecular weight is 272 g/mol. The summed E-state index contributed by atoms with van der Waals surface area (Å²) in [5, 5.41) is 3.38. The number of hydrogen-bond donors (Lipinski definition) is 0. The van der Waals surface area contributed by atoms with Crippen LogP contribution in [0.1, 0.15) is 60.2 Å². The summed E-state index contributed by atoms with van der Waals surface area (Å²) >= 11 is 0. The van der Waals surface area contributed by atoms with Crippen LogP contribution < -0.4 is 0 Å². The second kappa shape index (κ2) is 5.02. The lowest BCUT2D eigenvalue weighted by Gasteiger charge is -2.16. The van der Waals surface area contributed by atoms with Crippen LogP contribution in [0.5, 0.6) is 0 Å². The summed E-state index contributed by atoms with van der Waals surface area (Å²) in [6.45, 7) is 4.28. The smallest absolute Gasteiger partial charge is 0.267 e. The Hall–Kier alpha value is -1.68. The monoisotopic (exact) mass is 272 g/mol. The molecule has 106 valence electrons. The summed E-state index contributed by atoms with van der Waals surface area (Å²) in [6.07, 6.45) is 4.23. The van der Waals surface area contributed by atoms with Crippen LogP contribution in [0.3, 0.4) is 0 Å². The molecule has 0 radical (unpaired) electrons. The zero-order valence-corrected chi connectivity index (χ0v) is 12.0. The van der Waals surface area contributed by atoms with Crippen LogP contribution >= 0.6 is 0 Å². The number of benzene rings is 1. The van der Waals surface area contributed by atoms with E-state index in [1.807, 2.05) is 17.1 Å². The first-order valence-electron chi connectivity index (χ1n) is 7.46. The Morgan fingerprint density at radius 1 is 0.900 bits per heavy atom. The fourth-order valence-corrected chi connectivity index (χ4v) is 3.24. The van der Waals surface area contributed by atoms with Gasteiger partial charge in [0.25, 0.3) is 11.8 Å². The Balaban J connectivity index is 1.86. The minimum atomic E-state index is -0.162. The molecule has 2 atom stereocenters. The fourth-order valence-electron chi connectivity index (χ4n) is 3.24. The lowest BCUT2D eigenvalue weighted by Crippen LogP contribution is -2.37. The van der Waals surface area contributed by atoms with E-state index in [2.05, 4.69) is 13.8 Å². The van der Waals surface area contributed by atoms with E-state index in [4.69, 9.17) is 0 Å². The van der Waals surface area contributed by atoms with Crippen molar-refractivity contribution >= 4 is 11.8 Å². The van der Waals surface area contributed by atoms with Crippen LogP contribution in [0, 0.1) is 0 Å². The highest BCUT2D eigenvalue weighted by Crippen LogP contribution is 2.40. The molecule has 2 aliphatic heterocycles. The number of carbonyl (C=O) groups is 2. The molecule has 1 aromatic carbocycles. The van der Waals surface area contributed by atoms with Crippen molar-refractivity contribution in [1.82, 2.24) is 10.0 Å². The van der Waals surface area contributed by atoms with E-state index < -0.39 is 0 Å². The van der Waals surface area contributed by atoms with E-state index in [-0.39, 0.29) is 11.8 Å². The number of nitrogens with zero attached hydrogens (tertiary/aromatic N) is 2. The number of amides is 2. The zero-order valence-electron chi connectivity index (χ0n) is 12.0. The molecule has 1 saturated heterocycles. The molecule has 0 saturated carbocycles. The molecular weight excluding hydrogens is 252 g/mol. The first-order valence-corrected chi connectivity index (χ1v) is 7.46. The molecule has 0 aromatic heterocycles. The maximum atomic E-state index is 12.5. The van der Waals surface area contributed by atoms with Gasteiger partial charge in [0.15, 0.2) is 0 Å². The maximum absolute atomic E-state index is 12.5. The van der Waals surface area contributed by atoms with Gasteiger partial charge in [-0.1, -0.05) is 38.8 Å². The molecule has 4 nitrogen and oxygen atoms in total. The molecule has 0 unspecified atom stereocenters. The van der Waals surface area contributed by atoms with E-state index >= 15 is 0 Å². The summed E-state index contributed by atoms with van der Waals surface area (Å²) < 4.78 is 0. The predicted molar refractivity (Wildman–Crippen MR) is 76.2 cm³/mol. The molecule has 0 N–H and O–H groups in total. The molecule has 1 aromatic rings. The van der Waals surface area contributed by atoms with Crippen molar-refractivity contribution in [3.05, 3.63) is 35.4 Å². The molecule has 2 heterocycles. The first kappa shape index (κ1) is 13.3. The van der Waals surface area contributed by atoms with Crippen molar-refractivity contribution in [2.75, 3.05) is 0 Å². The highest BCUT2D eigenvalue weighted by atomic mass is 16.2. The van der Waals surface area contributed by atoms with E-state index in [1.165, 1.54) is 5.01 Å². The molecule has 3 rings (SSSR count). The van der Waals surface area contributed by atoms with E-state index in [9.17, 15) is 9.59 Å². The van der Waals surface area contributed by atoms with Gasteiger partial charge in [0.2, 0.25) is 0 Å². The highest BCUT2D eigenvalue weighted by Gasteiger charge is 2.55. The topological polar surface area (TPSA) is 40.4 Å². The van der Waals surface area contributed by atoms with Gasteiger partial charge in [0.05, 0.1) is 11.1 Å². The Bertz CT molecular complexity index is 508. The Morgan fingerprint density at radius 2 is 1.35 bits per heavy atom. The number of rotatable bonds is 5. The highest BCUT2D eigenvalue weighted by molar-refractivity contribution is 6.21. The third-order valence-corrected chi connectivity index (χ3v) is 4.21. The Labute approximate surface area is 119 Å². The minimum Gasteiger partial charge on any atom is -0.267 e. The third kappa shape index (κ3) is 1.86. The Morgan fingerprint density at radius 3 is 1.75 bits per heavy atom. The number of carbonyl (C=O) groups excluding carboxylic acids is 2. The predicted octanol–water partition coefficient (Wildman–Crippen LogP) is 2.85. The van der Waals surface area contributed by atoms with Gasteiger partial charge in [-0.2, -0.15) is 0 Å². The van der Waals surface area contributed by atoms with E-state index in [0.29, 0.717) is 23.2 Å². The Kier molecular flexibility index (Phi) is 3.34. The lowest BCUT2D eigenvalue weighted by atomic mass is 10.1. The summed E-state index contributed by atoms with van der Waals surface area (Å²) in [6, 6.07) is 7.79. The number of imide groups is 1. The molecular formula is C16H20N2O2. The summed E-state index contributed by atoms with van der Waals surface area (Å²) in [4.78, 5) is 24.9. The van der Waals surface area contributed by atoms with Gasteiger partial charge in [-0.3, -0.25) is 9.59 Å². The van der Waals surface area contributed by atoms with Crippen molar-refractivity contribution < 1.29 is 9.59 Å². The van der Waals surface area contributed by atoms with Gasteiger partial charge in [-0.05, 0) is 25.0 Å². The van der Waals surface area contributed by atoms with Crippen LogP contribution in [0.15, 0.2) is 24.3 Å². The van der Waals surface area contributed by atoms with Crippen LogP contribution in [0.2, 0.25) is 0 Å². The number of hydrazine groups is 1. The van der Waals surface area contributed by atoms with Crippen molar-refractivity contribution in [3.63, 3.8) is 0 Å². The second-order valence-electron chi connectivity index (χ2n) is 5.56. The van der Waals surface area contributed by atoms with Crippen molar-refractivity contribution in [3.8, 4) is 0 Å². The molecule has 2 aliphatic rings. The summed E-state index contributed by atoms with van der Waals surface area (Å²) in [7, 11) is 0. The number of fused-ring (bicyclic) bond motifs is 1. The van der Waals surface area contributed by atoms with E-state index in [0.717, 1.165) is 25.7 Å². The summed E-state index contributed by atoms with van der Waals surface area (Å²) in [5.41, 5.74) is 1.07. The van der Waals surface area contributed by atoms with Crippen molar-refractivity contribution in [1.29, 1.82) is 0 Å². The zero-order chi connectivity index (χ0) is 14.3. The average Bonchev–Trinajstić information content (AvgIpc) is 3.04. The fraction of sp³-hybridized carbons (Fsp3) is 0.500. The molecule has 0 aliphatic carbocycles. The maximum Gasteiger partial charge on any atom is 0.276 e. The van der Waals surface area contributed by atoms with Gasteiger partial charge in [-0.25, -0.2) is 10.0 Å².